The van der Waals surface area contributed by atoms with E-state index in [2.05, 4.69) is 15.4 Å². The summed E-state index contributed by atoms with van der Waals surface area (Å²) in [5.41, 5.74) is 2.52. The predicted molar refractivity (Wildman–Crippen MR) is 123 cm³/mol. The molecule has 2 heterocycles. The van der Waals surface area contributed by atoms with Crippen molar-refractivity contribution in [3.63, 3.8) is 0 Å². The molecule has 2 N–H and O–H groups in total. The van der Waals surface area contributed by atoms with Crippen LogP contribution < -0.4 is 0 Å². The molecule has 0 bridgehead atoms. The summed E-state index contributed by atoms with van der Waals surface area (Å²) in [5, 5.41) is 19.7. The van der Waals surface area contributed by atoms with Crippen LogP contribution in [0, 0.1) is 11.7 Å². The Hall–Kier alpha value is -2.23. The Kier molecular flexibility index (Phi) is 8.08. The van der Waals surface area contributed by atoms with E-state index in [-0.39, 0.29) is 48.0 Å². The minimum Gasteiger partial charge on any atom is -0.481 e. The molecular weight excluding hydrogens is 455 g/mol. The lowest BCUT2D eigenvalue weighted by atomic mass is 9.93. The van der Waals surface area contributed by atoms with E-state index >= 15 is 0 Å². The van der Waals surface area contributed by atoms with E-state index in [1.54, 1.807) is 18.2 Å². The van der Waals surface area contributed by atoms with Gasteiger partial charge in [-0.25, -0.2) is 4.39 Å². The monoisotopic (exact) mass is 480 g/mol. The van der Waals surface area contributed by atoms with Crippen molar-refractivity contribution in [1.29, 1.82) is 0 Å². The Morgan fingerprint density at radius 1 is 1.28 bits per heavy atom. The number of halogens is 2. The number of carboxylic acids is 1. The topological polar surface area (TPSA) is 99.2 Å². The number of aliphatic carboxylic acids is 1. The maximum Gasteiger partial charge on any atom is 0.303 e. The summed E-state index contributed by atoms with van der Waals surface area (Å²) >= 11 is 4.70. The smallest absolute Gasteiger partial charge is 0.303 e. The summed E-state index contributed by atoms with van der Waals surface area (Å²) in [7, 11) is 0. The number of carbonyl (C=O) groups is 2. The minimum absolute atomic E-state index is 0. The number of carboxylic acid groups (broad SMARTS) is 1. The standard InChI is InChI=1S/C22H25FN4O3S.ClH/c23-16-4-2-1-3-15(16)21(22(30)13-5-6-13)27-10-9-19(31)14(12-27)11-18-17(24-26-25-18)7-8-20(28)29;/h1-4,11,13,19,21,31H,5-10,12H2,(H,28,29)(H,24,25,26);1H/b14-11-;. The first kappa shape index (κ1) is 24.4. The molecule has 2 aliphatic rings. The van der Waals surface area contributed by atoms with Gasteiger partial charge in [-0.2, -0.15) is 28.0 Å². The van der Waals surface area contributed by atoms with Crippen LogP contribution in [-0.2, 0) is 16.0 Å². The first-order valence-corrected chi connectivity index (χ1v) is 11.0. The van der Waals surface area contributed by atoms with Crippen molar-refractivity contribution >= 4 is 42.9 Å². The second kappa shape index (κ2) is 10.6. The predicted octanol–water partition coefficient (Wildman–Crippen LogP) is 3.49. The summed E-state index contributed by atoms with van der Waals surface area (Å²) in [6, 6.07) is 5.86. The Labute approximate surface area is 197 Å². The fourth-order valence-electron chi connectivity index (χ4n) is 4.03. The number of carbonyl (C=O) groups excluding carboxylic acids is 1. The maximum absolute atomic E-state index is 14.6. The van der Waals surface area contributed by atoms with E-state index < -0.39 is 12.0 Å². The molecule has 0 spiro atoms. The van der Waals surface area contributed by atoms with Crippen LogP contribution in [-0.4, -0.2) is 55.5 Å². The molecule has 1 aromatic carbocycles. The average molecular weight is 481 g/mol. The number of ketones is 1. The number of hydrogen-bond donors (Lipinski definition) is 3. The number of aromatic nitrogens is 3. The SMILES string of the molecule is Cl.O=C(O)CCc1n[nH]nc1/C=C1/CN(C(C(=O)C2CC2)c2ccccc2F)CCC1S. The number of nitrogens with one attached hydrogen (secondary N) is 1. The molecule has 1 saturated heterocycles. The molecule has 2 atom stereocenters. The molecule has 2 aromatic rings. The summed E-state index contributed by atoms with van der Waals surface area (Å²) in [5.74, 6) is -1.19. The lowest BCUT2D eigenvalue weighted by Crippen LogP contribution is -2.42. The van der Waals surface area contributed by atoms with E-state index in [0.717, 1.165) is 18.4 Å². The Bertz CT molecular complexity index is 1010. The number of piperidine rings is 1. The van der Waals surface area contributed by atoms with Gasteiger partial charge < -0.3 is 5.11 Å². The Balaban J connectivity index is 0.00000289. The third kappa shape index (κ3) is 5.57. The highest BCUT2D eigenvalue weighted by molar-refractivity contribution is 7.81. The van der Waals surface area contributed by atoms with Gasteiger partial charge in [0.05, 0.1) is 18.2 Å². The van der Waals surface area contributed by atoms with E-state index in [1.165, 1.54) is 6.07 Å². The molecule has 32 heavy (non-hydrogen) atoms. The van der Waals surface area contributed by atoms with Crippen molar-refractivity contribution < 1.29 is 19.1 Å². The van der Waals surface area contributed by atoms with Crippen LogP contribution >= 0.6 is 25.0 Å². The van der Waals surface area contributed by atoms with Gasteiger partial charge in [-0.05, 0) is 37.0 Å². The molecule has 1 aliphatic heterocycles. The number of nitrogens with zero attached hydrogens (tertiary/aromatic N) is 3. The van der Waals surface area contributed by atoms with Gasteiger partial charge in [0, 0.05) is 36.2 Å². The Morgan fingerprint density at radius 3 is 2.72 bits per heavy atom. The summed E-state index contributed by atoms with van der Waals surface area (Å²) in [6.45, 7) is 1.09. The van der Waals surface area contributed by atoms with E-state index in [1.807, 2.05) is 11.0 Å². The van der Waals surface area contributed by atoms with Crippen LogP contribution in [0.5, 0.6) is 0 Å². The number of hydrogen-bond acceptors (Lipinski definition) is 6. The fraction of sp³-hybridized carbons (Fsp3) is 0.455. The zero-order valence-electron chi connectivity index (χ0n) is 17.4. The van der Waals surface area contributed by atoms with Crippen LogP contribution in [0.15, 0.2) is 29.8 Å². The number of H-pyrrole nitrogens is 1. The average Bonchev–Trinajstić information content (AvgIpc) is 3.50. The van der Waals surface area contributed by atoms with Crippen LogP contribution in [0.3, 0.4) is 0 Å². The van der Waals surface area contributed by atoms with Crippen molar-refractivity contribution in [3.05, 3.63) is 52.6 Å². The van der Waals surface area contributed by atoms with Gasteiger partial charge in [0.1, 0.15) is 11.5 Å². The normalized spacial score (nSPS) is 21.2. The van der Waals surface area contributed by atoms with Crippen LogP contribution in [0.25, 0.3) is 6.08 Å². The second-order valence-electron chi connectivity index (χ2n) is 8.14. The second-order valence-corrected chi connectivity index (χ2v) is 8.77. The van der Waals surface area contributed by atoms with Crippen LogP contribution in [0.2, 0.25) is 0 Å². The van der Waals surface area contributed by atoms with Crippen LogP contribution in [0.4, 0.5) is 4.39 Å². The highest BCUT2D eigenvalue weighted by Gasteiger charge is 2.40. The molecule has 0 amide bonds. The van der Waals surface area contributed by atoms with Gasteiger partial charge in [0.2, 0.25) is 0 Å². The van der Waals surface area contributed by atoms with Gasteiger partial charge in [-0.1, -0.05) is 18.2 Å². The van der Waals surface area contributed by atoms with Gasteiger partial charge in [0.15, 0.2) is 5.78 Å². The molecule has 7 nitrogen and oxygen atoms in total. The maximum atomic E-state index is 14.6. The largest absolute Gasteiger partial charge is 0.481 e. The van der Waals surface area contributed by atoms with E-state index in [0.29, 0.717) is 36.5 Å². The number of likely N-dealkylation sites (tertiary alicyclic amines) is 1. The first-order valence-electron chi connectivity index (χ1n) is 10.5. The number of rotatable bonds is 8. The molecule has 10 heteroatoms. The molecule has 172 valence electrons. The molecular formula is C22H26ClFN4O3S. The van der Waals surface area contributed by atoms with Crippen molar-refractivity contribution in [2.45, 2.75) is 43.4 Å². The van der Waals surface area contributed by atoms with Gasteiger partial charge in [0.25, 0.3) is 0 Å². The van der Waals surface area contributed by atoms with Crippen molar-refractivity contribution in [3.8, 4) is 0 Å². The minimum atomic E-state index is -0.899. The number of benzene rings is 1. The lowest BCUT2D eigenvalue weighted by Gasteiger charge is -2.37. The molecule has 4 rings (SSSR count). The molecule has 0 radical (unpaired) electrons. The van der Waals surface area contributed by atoms with Crippen molar-refractivity contribution in [2.75, 3.05) is 13.1 Å². The number of Topliss-reactive ketones (excluding diaryl/α,β-unsaturated/α-hetero) is 1. The van der Waals surface area contributed by atoms with E-state index in [9.17, 15) is 14.0 Å². The van der Waals surface area contributed by atoms with Crippen LogP contribution in [0.1, 0.15) is 48.7 Å². The number of thiol groups is 1. The molecule has 2 fully saturated rings. The fourth-order valence-corrected chi connectivity index (χ4v) is 4.31. The van der Waals surface area contributed by atoms with E-state index in [4.69, 9.17) is 17.7 Å². The molecule has 1 aliphatic carbocycles. The quantitative estimate of drug-likeness (QED) is 0.500. The number of aromatic amines is 1. The molecule has 1 aromatic heterocycles. The third-order valence-electron chi connectivity index (χ3n) is 5.87. The number of aryl methyl sites for hydroxylation is 1. The van der Waals surface area contributed by atoms with Gasteiger partial charge in [-0.15, -0.1) is 12.4 Å². The first-order chi connectivity index (χ1) is 14.9. The van der Waals surface area contributed by atoms with Crippen molar-refractivity contribution in [1.82, 2.24) is 20.3 Å². The zero-order chi connectivity index (χ0) is 22.0. The van der Waals surface area contributed by atoms with Gasteiger partial charge >= 0.3 is 5.97 Å². The zero-order valence-corrected chi connectivity index (χ0v) is 19.1. The highest BCUT2D eigenvalue weighted by Crippen LogP contribution is 2.39. The summed E-state index contributed by atoms with van der Waals surface area (Å²) in [4.78, 5) is 26.1. The molecule has 2 unspecified atom stereocenters. The van der Waals surface area contributed by atoms with Gasteiger partial charge in [-0.3, -0.25) is 14.5 Å². The lowest BCUT2D eigenvalue weighted by molar-refractivity contribution is -0.137. The summed E-state index contributed by atoms with van der Waals surface area (Å²) in [6.07, 6.45) is 4.53. The Morgan fingerprint density at radius 2 is 2.03 bits per heavy atom. The molecule has 1 saturated carbocycles. The highest BCUT2D eigenvalue weighted by atomic mass is 35.5. The summed E-state index contributed by atoms with van der Waals surface area (Å²) < 4.78 is 14.6. The van der Waals surface area contributed by atoms with Crippen molar-refractivity contribution in [2.24, 2.45) is 5.92 Å². The third-order valence-corrected chi connectivity index (χ3v) is 6.46.